The summed E-state index contributed by atoms with van der Waals surface area (Å²) in [4.78, 5) is 13.8. The van der Waals surface area contributed by atoms with E-state index in [9.17, 15) is 0 Å². The number of hydrogen-bond acceptors (Lipinski definition) is 5. The minimum Gasteiger partial charge on any atom is -0.435 e. The highest BCUT2D eigenvalue weighted by Crippen LogP contribution is 2.42. The van der Waals surface area contributed by atoms with Crippen LogP contribution < -0.4 is 4.90 Å². The van der Waals surface area contributed by atoms with Gasteiger partial charge in [-0.05, 0) is 59.2 Å². The summed E-state index contributed by atoms with van der Waals surface area (Å²) in [5.74, 6) is 1.02. The number of nitrogens with zero attached hydrogens (tertiary/aromatic N) is 5. The van der Waals surface area contributed by atoms with E-state index in [1.165, 1.54) is 11.3 Å². The maximum Gasteiger partial charge on any atom is 0.227 e. The third-order valence-corrected chi connectivity index (χ3v) is 6.77. The van der Waals surface area contributed by atoms with Crippen LogP contribution in [0.2, 0.25) is 0 Å². The fourth-order valence-corrected chi connectivity index (χ4v) is 4.86. The normalized spacial score (nSPS) is 16.9. The Hall–Kier alpha value is -3.28. The molecular formula is C25H29N5O. The Morgan fingerprint density at radius 3 is 2.45 bits per heavy atom. The summed E-state index contributed by atoms with van der Waals surface area (Å²) in [5, 5.41) is 2.16. The number of benzene rings is 1. The molecule has 5 rings (SSSR count). The fraction of sp³-hybridized carbons (Fsp3) is 0.360. The Labute approximate surface area is 182 Å². The van der Waals surface area contributed by atoms with Crippen LogP contribution in [0.3, 0.4) is 0 Å². The van der Waals surface area contributed by atoms with Crippen LogP contribution in [0.5, 0.6) is 0 Å². The van der Waals surface area contributed by atoms with E-state index in [1.807, 2.05) is 26.1 Å². The van der Waals surface area contributed by atoms with Crippen LogP contribution in [0, 0.1) is 20.8 Å². The zero-order valence-corrected chi connectivity index (χ0v) is 19.3. The Morgan fingerprint density at radius 2 is 1.74 bits per heavy atom. The molecule has 6 nitrogen and oxygen atoms in total. The first-order chi connectivity index (χ1) is 14.7. The molecule has 0 unspecified atom stereocenters. The van der Waals surface area contributed by atoms with Gasteiger partial charge in [-0.1, -0.05) is 12.1 Å². The molecular weight excluding hydrogens is 386 g/mol. The summed E-state index contributed by atoms with van der Waals surface area (Å²) in [6.45, 7) is 12.9. The van der Waals surface area contributed by atoms with Gasteiger partial charge in [-0.3, -0.25) is 0 Å². The molecule has 0 saturated carbocycles. The molecule has 0 bridgehead atoms. The average molecular weight is 416 g/mol. The van der Waals surface area contributed by atoms with E-state index < -0.39 is 0 Å². The van der Waals surface area contributed by atoms with Crippen LogP contribution in [0.4, 0.5) is 5.69 Å². The summed E-state index contributed by atoms with van der Waals surface area (Å²) in [6, 6.07) is 8.45. The first-order valence-electron chi connectivity index (χ1n) is 10.7. The lowest BCUT2D eigenvalue weighted by molar-refractivity contribution is 0.145. The Bertz CT molecular complexity index is 1340. The van der Waals surface area contributed by atoms with E-state index in [0.29, 0.717) is 5.71 Å². The number of fused-ring (bicyclic) bond motifs is 3. The van der Waals surface area contributed by atoms with Gasteiger partial charge in [0.05, 0.1) is 23.1 Å². The molecule has 1 aliphatic rings. The molecule has 1 aromatic carbocycles. The van der Waals surface area contributed by atoms with Crippen molar-refractivity contribution in [1.82, 2.24) is 19.4 Å². The Kier molecular flexibility index (Phi) is 4.19. The van der Waals surface area contributed by atoms with E-state index in [4.69, 9.17) is 4.42 Å². The van der Waals surface area contributed by atoms with Crippen LogP contribution in [0.1, 0.15) is 43.5 Å². The summed E-state index contributed by atoms with van der Waals surface area (Å²) >= 11 is 0. The third kappa shape index (κ3) is 2.77. The van der Waals surface area contributed by atoms with Crippen LogP contribution in [0.25, 0.3) is 22.1 Å². The quantitative estimate of drug-likeness (QED) is 0.441. The Morgan fingerprint density at radius 1 is 1.00 bits per heavy atom. The fourth-order valence-electron chi connectivity index (χ4n) is 4.86. The minimum atomic E-state index is -0.227. The molecule has 1 aliphatic heterocycles. The van der Waals surface area contributed by atoms with Gasteiger partial charge in [0.1, 0.15) is 12.0 Å². The van der Waals surface area contributed by atoms with Crippen molar-refractivity contribution in [1.29, 1.82) is 0 Å². The minimum absolute atomic E-state index is 0.109. The molecule has 0 fully saturated rings. The van der Waals surface area contributed by atoms with Crippen molar-refractivity contribution in [3.05, 3.63) is 65.6 Å². The predicted molar refractivity (Wildman–Crippen MR) is 125 cm³/mol. The number of pyridine rings is 1. The van der Waals surface area contributed by atoms with Crippen molar-refractivity contribution >= 4 is 27.8 Å². The number of imidazole rings is 1. The van der Waals surface area contributed by atoms with E-state index in [0.717, 1.165) is 33.6 Å². The van der Waals surface area contributed by atoms with Crippen molar-refractivity contribution in [2.75, 3.05) is 4.90 Å². The maximum absolute atomic E-state index is 6.31. The summed E-state index contributed by atoms with van der Waals surface area (Å²) in [5.41, 5.74) is 5.77. The zero-order valence-electron chi connectivity index (χ0n) is 19.3. The molecule has 0 amide bonds. The van der Waals surface area contributed by atoms with Crippen molar-refractivity contribution < 1.29 is 4.42 Å². The summed E-state index contributed by atoms with van der Waals surface area (Å²) in [6.07, 6.45) is 6.43. The smallest absolute Gasteiger partial charge is 0.227 e. The molecule has 31 heavy (non-hydrogen) atoms. The van der Waals surface area contributed by atoms with Crippen molar-refractivity contribution in [2.45, 2.75) is 53.2 Å². The molecule has 6 heteroatoms. The monoisotopic (exact) mass is 415 g/mol. The van der Waals surface area contributed by atoms with Crippen LogP contribution in [-0.4, -0.2) is 25.6 Å². The molecule has 160 valence electrons. The van der Waals surface area contributed by atoms with Crippen molar-refractivity contribution in [3.63, 3.8) is 0 Å². The molecule has 0 aliphatic carbocycles. The molecule has 0 saturated heterocycles. The van der Waals surface area contributed by atoms with Gasteiger partial charge in [0.25, 0.3) is 0 Å². The molecule has 0 N–H and O–H groups in total. The lowest BCUT2D eigenvalue weighted by Crippen LogP contribution is -2.47. The second-order valence-corrected chi connectivity index (χ2v) is 9.07. The first-order valence-corrected chi connectivity index (χ1v) is 10.7. The second-order valence-electron chi connectivity index (χ2n) is 9.07. The predicted octanol–water partition coefficient (Wildman–Crippen LogP) is 5.51. The van der Waals surface area contributed by atoms with E-state index in [1.54, 1.807) is 0 Å². The van der Waals surface area contributed by atoms with Crippen molar-refractivity contribution in [3.8, 4) is 0 Å². The molecule has 4 heterocycles. The standard InChI is InChI=1S/C25H29N5O/c1-15-8-10-19-20-11-9-16(2)27-24(20)31-23(19)22(15)29-12-13-30(18(29)4)25(5,6)21-14-26-17(3)28(21)7/h8-14,18H,1-7H3/t18-/m1/s1. The van der Waals surface area contributed by atoms with Gasteiger partial charge in [-0.2, -0.15) is 0 Å². The second kappa shape index (κ2) is 6.61. The molecule has 4 aromatic rings. The van der Waals surface area contributed by atoms with Gasteiger partial charge in [0.2, 0.25) is 5.71 Å². The van der Waals surface area contributed by atoms with Crippen LogP contribution >= 0.6 is 0 Å². The highest BCUT2D eigenvalue weighted by molar-refractivity contribution is 6.08. The first kappa shape index (κ1) is 19.7. The molecule has 0 spiro atoms. The van der Waals surface area contributed by atoms with Gasteiger partial charge >= 0.3 is 0 Å². The SMILES string of the molecule is Cc1ccc2c(n1)oc1c(N3C=CN(C(C)(C)c4cnc(C)n4C)[C@@H]3C)c(C)ccc12. The van der Waals surface area contributed by atoms with Crippen molar-refractivity contribution in [2.24, 2.45) is 7.05 Å². The summed E-state index contributed by atoms with van der Waals surface area (Å²) in [7, 11) is 2.08. The number of rotatable bonds is 3. The number of furan rings is 1. The number of aryl methyl sites for hydroxylation is 3. The number of anilines is 1. The maximum atomic E-state index is 6.31. The highest BCUT2D eigenvalue weighted by atomic mass is 16.3. The molecule has 0 radical (unpaired) electrons. The highest BCUT2D eigenvalue weighted by Gasteiger charge is 2.38. The molecule has 3 aromatic heterocycles. The zero-order chi connectivity index (χ0) is 22.1. The number of aromatic nitrogens is 3. The topological polar surface area (TPSA) is 50.3 Å². The van der Waals surface area contributed by atoms with E-state index in [-0.39, 0.29) is 11.7 Å². The number of hydrogen-bond donors (Lipinski definition) is 0. The lowest BCUT2D eigenvalue weighted by Gasteiger charge is -2.41. The largest absolute Gasteiger partial charge is 0.435 e. The molecule has 1 atom stereocenters. The lowest BCUT2D eigenvalue weighted by atomic mass is 9.98. The summed E-state index contributed by atoms with van der Waals surface area (Å²) < 4.78 is 8.48. The van der Waals surface area contributed by atoms with Gasteiger partial charge < -0.3 is 18.8 Å². The van der Waals surface area contributed by atoms with Gasteiger partial charge in [0, 0.05) is 35.9 Å². The van der Waals surface area contributed by atoms with Crippen LogP contribution in [-0.2, 0) is 12.6 Å². The van der Waals surface area contributed by atoms with Gasteiger partial charge in [0.15, 0.2) is 5.58 Å². The van der Waals surface area contributed by atoms with Gasteiger partial charge in [-0.15, -0.1) is 0 Å². The van der Waals surface area contributed by atoms with Gasteiger partial charge in [-0.25, -0.2) is 9.97 Å². The third-order valence-electron chi connectivity index (χ3n) is 6.77. The average Bonchev–Trinajstić information content (AvgIpc) is 3.37. The van der Waals surface area contributed by atoms with E-state index >= 15 is 0 Å². The van der Waals surface area contributed by atoms with Crippen LogP contribution in [0.15, 0.2) is 47.3 Å². The Balaban J connectivity index is 1.60. The van der Waals surface area contributed by atoms with E-state index in [2.05, 4.69) is 89.7 Å².